The molecular weight excluding hydrogens is 318 g/mol. The van der Waals surface area contributed by atoms with Gasteiger partial charge >= 0.3 is 5.97 Å². The lowest BCUT2D eigenvalue weighted by Gasteiger charge is -2.14. The van der Waals surface area contributed by atoms with Gasteiger partial charge in [-0.2, -0.15) is 0 Å². The molecule has 5 nitrogen and oxygen atoms in total. The Kier molecular flexibility index (Phi) is 5.14. The Bertz CT molecular complexity index is 783. The van der Waals surface area contributed by atoms with Gasteiger partial charge < -0.3 is 15.2 Å². The largest absolute Gasteiger partial charge is 0.449 e. The summed E-state index contributed by atoms with van der Waals surface area (Å²) in [6, 6.07) is 12.3. The second-order valence-electron chi connectivity index (χ2n) is 6.23. The number of ether oxygens (including phenoxy) is 1. The molecule has 3 rings (SSSR count). The van der Waals surface area contributed by atoms with Crippen LogP contribution in [0.5, 0.6) is 0 Å². The molecule has 25 heavy (non-hydrogen) atoms. The molecule has 1 aliphatic rings. The van der Waals surface area contributed by atoms with Crippen LogP contribution < -0.4 is 5.32 Å². The number of amides is 1. The van der Waals surface area contributed by atoms with Crippen LogP contribution in [0, 0.1) is 0 Å². The van der Waals surface area contributed by atoms with E-state index in [0.717, 1.165) is 24.9 Å². The average molecular weight is 339 g/mol. The molecule has 0 saturated heterocycles. The lowest BCUT2D eigenvalue weighted by molar-refractivity contribution is -0.123. The van der Waals surface area contributed by atoms with Crippen molar-refractivity contribution < 1.29 is 19.4 Å². The van der Waals surface area contributed by atoms with Gasteiger partial charge in [0.05, 0.1) is 12.2 Å². The van der Waals surface area contributed by atoms with Crippen molar-refractivity contribution in [1.29, 1.82) is 0 Å². The van der Waals surface area contributed by atoms with Gasteiger partial charge in [0.25, 0.3) is 5.91 Å². The smallest absolute Gasteiger partial charge is 0.338 e. The first-order valence-corrected chi connectivity index (χ1v) is 8.40. The summed E-state index contributed by atoms with van der Waals surface area (Å²) in [6.07, 6.45) is 2.37. The highest BCUT2D eigenvalue weighted by molar-refractivity contribution is 5.97. The summed E-state index contributed by atoms with van der Waals surface area (Å²) in [7, 11) is 0. The summed E-state index contributed by atoms with van der Waals surface area (Å²) in [6.45, 7) is 1.46. The molecule has 1 aliphatic carbocycles. The van der Waals surface area contributed by atoms with Gasteiger partial charge in [-0.3, -0.25) is 4.79 Å². The normalized spacial score (nSPS) is 13.8. The van der Waals surface area contributed by atoms with Gasteiger partial charge in [0, 0.05) is 5.69 Å². The van der Waals surface area contributed by atoms with Gasteiger partial charge in [0.1, 0.15) is 0 Å². The van der Waals surface area contributed by atoms with E-state index in [1.54, 1.807) is 31.2 Å². The van der Waals surface area contributed by atoms with Gasteiger partial charge in [-0.15, -0.1) is 0 Å². The molecule has 2 aromatic rings. The number of carbonyl (C=O) groups excluding carboxylic acids is 2. The zero-order valence-corrected chi connectivity index (χ0v) is 14.1. The monoisotopic (exact) mass is 339 g/mol. The number of aryl methyl sites for hydroxylation is 2. The van der Waals surface area contributed by atoms with E-state index in [4.69, 9.17) is 9.84 Å². The van der Waals surface area contributed by atoms with Gasteiger partial charge in [-0.1, -0.05) is 18.2 Å². The van der Waals surface area contributed by atoms with E-state index in [2.05, 4.69) is 5.32 Å². The number of aliphatic hydroxyl groups excluding tert-OH is 1. The van der Waals surface area contributed by atoms with Crippen molar-refractivity contribution in [2.45, 2.75) is 38.9 Å². The van der Waals surface area contributed by atoms with E-state index in [0.29, 0.717) is 11.1 Å². The quantitative estimate of drug-likeness (QED) is 0.822. The van der Waals surface area contributed by atoms with Crippen molar-refractivity contribution in [2.75, 3.05) is 5.32 Å². The number of esters is 1. The van der Waals surface area contributed by atoms with Crippen LogP contribution >= 0.6 is 0 Å². The Morgan fingerprint density at radius 2 is 1.84 bits per heavy atom. The second-order valence-corrected chi connectivity index (χ2v) is 6.23. The van der Waals surface area contributed by atoms with Gasteiger partial charge in [0.2, 0.25) is 0 Å². The van der Waals surface area contributed by atoms with Crippen LogP contribution in [0.2, 0.25) is 0 Å². The summed E-state index contributed by atoms with van der Waals surface area (Å²) >= 11 is 0. The summed E-state index contributed by atoms with van der Waals surface area (Å²) in [4.78, 5) is 24.4. The van der Waals surface area contributed by atoms with Crippen LogP contribution in [0.15, 0.2) is 42.5 Å². The summed E-state index contributed by atoms with van der Waals surface area (Å²) in [5, 5.41) is 11.8. The lowest BCUT2D eigenvalue weighted by atomic mass is 10.1. The highest BCUT2D eigenvalue weighted by atomic mass is 16.5. The molecule has 0 fully saturated rings. The first-order chi connectivity index (χ1) is 12.1. The number of hydrogen-bond acceptors (Lipinski definition) is 4. The third kappa shape index (κ3) is 4.06. The number of hydrogen-bond donors (Lipinski definition) is 2. The number of benzene rings is 2. The third-order valence-electron chi connectivity index (χ3n) is 4.39. The fourth-order valence-corrected chi connectivity index (χ4v) is 2.92. The van der Waals surface area contributed by atoms with Crippen LogP contribution in [0.3, 0.4) is 0 Å². The van der Waals surface area contributed by atoms with Crippen molar-refractivity contribution >= 4 is 17.6 Å². The maximum Gasteiger partial charge on any atom is 0.338 e. The fourth-order valence-electron chi connectivity index (χ4n) is 2.92. The molecule has 0 aromatic heterocycles. The third-order valence-corrected chi connectivity index (χ3v) is 4.39. The SMILES string of the molecule is C[C@H](OC(=O)c1ccc(CO)cc1)C(=O)Nc1ccc2c(c1)CCC2. The Labute approximate surface area is 146 Å². The number of nitrogens with one attached hydrogen (secondary N) is 1. The maximum absolute atomic E-state index is 12.3. The van der Waals surface area contributed by atoms with Crippen molar-refractivity contribution in [3.05, 3.63) is 64.7 Å². The van der Waals surface area contributed by atoms with E-state index in [1.807, 2.05) is 18.2 Å². The minimum Gasteiger partial charge on any atom is -0.449 e. The molecular formula is C20H21NO4. The molecule has 0 aliphatic heterocycles. The zero-order valence-electron chi connectivity index (χ0n) is 14.1. The Morgan fingerprint density at radius 3 is 2.56 bits per heavy atom. The van der Waals surface area contributed by atoms with Crippen molar-refractivity contribution in [3.8, 4) is 0 Å². The Hall–Kier alpha value is -2.66. The predicted molar refractivity (Wildman–Crippen MR) is 94.3 cm³/mol. The molecule has 130 valence electrons. The number of fused-ring (bicyclic) bond motifs is 1. The molecule has 0 spiro atoms. The number of rotatable bonds is 5. The molecule has 2 N–H and O–H groups in total. The summed E-state index contributed by atoms with van der Waals surface area (Å²) in [5.74, 6) is -0.931. The van der Waals surface area contributed by atoms with E-state index in [1.165, 1.54) is 11.1 Å². The standard InChI is InChI=1S/C20H21NO4/c1-13(25-20(24)16-7-5-14(12-22)6-8-16)19(23)21-18-10-9-15-3-2-4-17(15)11-18/h5-11,13,22H,2-4,12H2,1H3,(H,21,23)/t13-/m0/s1. The molecule has 0 heterocycles. The maximum atomic E-state index is 12.3. The molecule has 1 atom stereocenters. The van der Waals surface area contributed by atoms with E-state index >= 15 is 0 Å². The minimum absolute atomic E-state index is 0.0884. The molecule has 0 unspecified atom stereocenters. The first-order valence-electron chi connectivity index (χ1n) is 8.40. The molecule has 1 amide bonds. The Balaban J connectivity index is 1.59. The van der Waals surface area contributed by atoms with Crippen LogP contribution in [0.1, 0.15) is 40.4 Å². The minimum atomic E-state index is -0.904. The topological polar surface area (TPSA) is 75.6 Å². The van der Waals surface area contributed by atoms with Crippen LogP contribution in [0.25, 0.3) is 0 Å². The van der Waals surface area contributed by atoms with E-state index in [9.17, 15) is 9.59 Å². The molecule has 0 radical (unpaired) electrons. The van der Waals surface area contributed by atoms with Crippen molar-refractivity contribution in [2.24, 2.45) is 0 Å². The second kappa shape index (κ2) is 7.49. The highest BCUT2D eigenvalue weighted by Gasteiger charge is 2.20. The lowest BCUT2D eigenvalue weighted by Crippen LogP contribution is -2.30. The fraction of sp³-hybridized carbons (Fsp3) is 0.300. The molecule has 5 heteroatoms. The molecule has 2 aromatic carbocycles. The Morgan fingerprint density at radius 1 is 1.12 bits per heavy atom. The number of carbonyl (C=O) groups is 2. The van der Waals surface area contributed by atoms with Crippen LogP contribution in [-0.4, -0.2) is 23.1 Å². The highest BCUT2D eigenvalue weighted by Crippen LogP contribution is 2.25. The van der Waals surface area contributed by atoms with Crippen LogP contribution in [-0.2, 0) is 29.0 Å². The first kappa shape index (κ1) is 17.2. The van der Waals surface area contributed by atoms with E-state index in [-0.39, 0.29) is 12.5 Å². The zero-order chi connectivity index (χ0) is 17.8. The molecule has 0 bridgehead atoms. The number of aliphatic hydroxyl groups is 1. The van der Waals surface area contributed by atoms with Crippen LogP contribution in [0.4, 0.5) is 5.69 Å². The van der Waals surface area contributed by atoms with Crippen molar-refractivity contribution in [1.82, 2.24) is 0 Å². The van der Waals surface area contributed by atoms with Gasteiger partial charge in [0.15, 0.2) is 6.10 Å². The summed E-state index contributed by atoms with van der Waals surface area (Å²) < 4.78 is 5.22. The number of anilines is 1. The molecule has 0 saturated carbocycles. The van der Waals surface area contributed by atoms with Gasteiger partial charge in [-0.05, 0) is 67.1 Å². The predicted octanol–water partition coefficient (Wildman–Crippen LogP) is 2.85. The summed E-state index contributed by atoms with van der Waals surface area (Å²) in [5.41, 5.74) is 4.38. The van der Waals surface area contributed by atoms with Gasteiger partial charge in [-0.25, -0.2) is 4.79 Å². The average Bonchev–Trinajstić information content (AvgIpc) is 3.09. The van der Waals surface area contributed by atoms with E-state index < -0.39 is 12.1 Å². The van der Waals surface area contributed by atoms with Crippen molar-refractivity contribution in [3.63, 3.8) is 0 Å².